The first kappa shape index (κ1) is 18.6. The Bertz CT molecular complexity index is 708. The zero-order valence-electron chi connectivity index (χ0n) is 11.7. The topological polar surface area (TPSA) is 40.3 Å². The standard InChI is InChI=1S/C12H7ClF6N4S/c1-20-10-23(7-4-2-6(13)3-5-7)8(21-11(14,15)16)9(24-10)22-12(17,18)19/h2-5H,1H3. The van der Waals surface area contributed by atoms with Gasteiger partial charge in [0, 0.05) is 17.8 Å². The number of aliphatic imine (C=N–C) groups is 3. The molecule has 1 aromatic carbocycles. The summed E-state index contributed by atoms with van der Waals surface area (Å²) in [7, 11) is 1.23. The number of hydrogen-bond donors (Lipinski definition) is 0. The van der Waals surface area contributed by atoms with Crippen LogP contribution in [0.15, 0.2) is 39.2 Å². The molecule has 0 amide bonds. The van der Waals surface area contributed by atoms with Crippen molar-refractivity contribution in [1.29, 1.82) is 0 Å². The minimum Gasteiger partial charge on any atom is -0.271 e. The quantitative estimate of drug-likeness (QED) is 0.516. The molecule has 1 aliphatic rings. The first-order valence-electron chi connectivity index (χ1n) is 6.04. The summed E-state index contributed by atoms with van der Waals surface area (Å²) in [6.07, 6.45) is -10.1. The second kappa shape index (κ2) is 6.63. The van der Waals surface area contributed by atoms with Crippen molar-refractivity contribution in [3.05, 3.63) is 29.3 Å². The monoisotopic (exact) mass is 388 g/mol. The summed E-state index contributed by atoms with van der Waals surface area (Å²) in [5, 5.41) is -0.780. The highest BCUT2D eigenvalue weighted by atomic mass is 35.5. The Labute approximate surface area is 140 Å². The van der Waals surface area contributed by atoms with Crippen LogP contribution in [-0.2, 0) is 0 Å². The number of halogens is 7. The zero-order chi connectivity index (χ0) is 18.1. The van der Waals surface area contributed by atoms with E-state index in [9.17, 15) is 26.3 Å². The summed E-state index contributed by atoms with van der Waals surface area (Å²) in [5.41, 5.74) is 0.114. The number of anilines is 1. The number of hydrogen-bond acceptors (Lipinski definition) is 4. The lowest BCUT2D eigenvalue weighted by Gasteiger charge is -2.18. The van der Waals surface area contributed by atoms with E-state index in [0.717, 1.165) is 4.90 Å². The van der Waals surface area contributed by atoms with E-state index in [1.54, 1.807) is 0 Å². The second-order valence-corrected chi connectivity index (χ2v) is 5.60. The van der Waals surface area contributed by atoms with Gasteiger partial charge in [-0.3, -0.25) is 9.89 Å². The molecule has 24 heavy (non-hydrogen) atoms. The van der Waals surface area contributed by atoms with Gasteiger partial charge in [-0.05, 0) is 36.0 Å². The predicted molar refractivity (Wildman–Crippen MR) is 81.9 cm³/mol. The lowest BCUT2D eigenvalue weighted by atomic mass is 10.3. The molecule has 0 unspecified atom stereocenters. The third-order valence-corrected chi connectivity index (χ3v) is 3.79. The van der Waals surface area contributed by atoms with Crippen molar-refractivity contribution in [3.63, 3.8) is 0 Å². The van der Waals surface area contributed by atoms with E-state index in [2.05, 4.69) is 15.0 Å². The maximum absolute atomic E-state index is 12.7. The van der Waals surface area contributed by atoms with Gasteiger partial charge in [0.05, 0.1) is 0 Å². The van der Waals surface area contributed by atoms with Crippen LogP contribution in [0.25, 0.3) is 0 Å². The first-order chi connectivity index (χ1) is 11.0. The summed E-state index contributed by atoms with van der Waals surface area (Å²) in [5.74, 6) is -1.01. The Morgan fingerprint density at radius 3 is 1.96 bits per heavy atom. The molecule has 4 nitrogen and oxygen atoms in total. The van der Waals surface area contributed by atoms with Crippen LogP contribution < -0.4 is 4.90 Å². The molecule has 12 heteroatoms. The molecule has 1 aromatic rings. The molecule has 0 radical (unpaired) electrons. The molecule has 0 atom stereocenters. The molecule has 1 aliphatic heterocycles. The normalized spacial score (nSPS) is 21.3. The maximum Gasteiger partial charge on any atom is 0.505 e. The van der Waals surface area contributed by atoms with Gasteiger partial charge >= 0.3 is 12.6 Å². The largest absolute Gasteiger partial charge is 0.505 e. The molecule has 0 bridgehead atoms. The lowest BCUT2D eigenvalue weighted by molar-refractivity contribution is -0.121. The van der Waals surface area contributed by atoms with Crippen molar-refractivity contribution in [2.24, 2.45) is 15.0 Å². The van der Waals surface area contributed by atoms with Gasteiger partial charge in [0.25, 0.3) is 0 Å². The minimum absolute atomic E-state index is 0.114. The molecule has 0 saturated carbocycles. The van der Waals surface area contributed by atoms with Crippen LogP contribution in [-0.4, -0.2) is 35.7 Å². The molecular formula is C12H7ClF6N4S. The van der Waals surface area contributed by atoms with Crippen molar-refractivity contribution in [3.8, 4) is 0 Å². The lowest BCUT2D eigenvalue weighted by Crippen LogP contribution is -2.33. The Kier molecular flexibility index (Phi) is 5.14. The minimum atomic E-state index is -5.09. The fourth-order valence-electron chi connectivity index (χ4n) is 1.74. The Balaban J connectivity index is 2.62. The summed E-state index contributed by atoms with van der Waals surface area (Å²) in [4.78, 5) is 9.33. The van der Waals surface area contributed by atoms with E-state index in [4.69, 9.17) is 11.6 Å². The smallest absolute Gasteiger partial charge is 0.271 e. The summed E-state index contributed by atoms with van der Waals surface area (Å²) >= 11 is 6.05. The van der Waals surface area contributed by atoms with Gasteiger partial charge in [-0.1, -0.05) is 11.6 Å². The Morgan fingerprint density at radius 1 is 0.958 bits per heavy atom. The van der Waals surface area contributed by atoms with Crippen molar-refractivity contribution >= 4 is 45.1 Å². The fourth-order valence-corrected chi connectivity index (χ4v) is 2.79. The Morgan fingerprint density at radius 2 is 1.50 bits per heavy atom. The van der Waals surface area contributed by atoms with Gasteiger partial charge < -0.3 is 0 Å². The highest BCUT2D eigenvalue weighted by molar-refractivity contribution is 8.29. The molecule has 0 spiro atoms. The van der Waals surface area contributed by atoms with Crippen LogP contribution in [0.1, 0.15) is 0 Å². The highest BCUT2D eigenvalue weighted by Crippen LogP contribution is 2.34. The van der Waals surface area contributed by atoms with Gasteiger partial charge in [0.15, 0.2) is 16.0 Å². The molecule has 0 aliphatic carbocycles. The molecule has 1 fully saturated rings. The number of rotatable bonds is 1. The van der Waals surface area contributed by atoms with E-state index in [1.165, 1.54) is 31.3 Å². The van der Waals surface area contributed by atoms with E-state index in [0.29, 0.717) is 16.8 Å². The molecular weight excluding hydrogens is 382 g/mol. The first-order valence-corrected chi connectivity index (χ1v) is 7.23. The zero-order valence-corrected chi connectivity index (χ0v) is 13.2. The number of alkyl halides is 6. The van der Waals surface area contributed by atoms with Crippen LogP contribution in [0, 0.1) is 0 Å². The fraction of sp³-hybridized carbons (Fsp3) is 0.250. The van der Waals surface area contributed by atoms with Crippen molar-refractivity contribution in [2.45, 2.75) is 12.6 Å². The average Bonchev–Trinajstić information content (AvgIpc) is 2.74. The predicted octanol–water partition coefficient (Wildman–Crippen LogP) is 4.72. The van der Waals surface area contributed by atoms with Gasteiger partial charge in [0.2, 0.25) is 0 Å². The van der Waals surface area contributed by atoms with Crippen molar-refractivity contribution in [1.82, 2.24) is 0 Å². The number of thioether (sulfide) groups is 1. The third-order valence-electron chi connectivity index (χ3n) is 2.52. The molecule has 1 saturated heterocycles. The van der Waals surface area contributed by atoms with E-state index in [1.807, 2.05) is 0 Å². The Hall–Kier alpha value is -1.75. The molecule has 2 rings (SSSR count). The van der Waals surface area contributed by atoms with Crippen LogP contribution in [0.3, 0.4) is 0 Å². The molecule has 1 heterocycles. The van der Waals surface area contributed by atoms with Crippen LogP contribution in [0.5, 0.6) is 0 Å². The van der Waals surface area contributed by atoms with Gasteiger partial charge in [-0.15, -0.1) is 26.3 Å². The van der Waals surface area contributed by atoms with Crippen molar-refractivity contribution < 1.29 is 26.3 Å². The van der Waals surface area contributed by atoms with E-state index in [-0.39, 0.29) is 10.9 Å². The van der Waals surface area contributed by atoms with E-state index < -0.39 is 23.5 Å². The van der Waals surface area contributed by atoms with E-state index >= 15 is 0 Å². The number of nitrogens with zero attached hydrogens (tertiary/aromatic N) is 4. The SMILES string of the molecule is CN=C1SC(=NC(F)(F)F)C(=NC(F)(F)F)N1c1ccc(Cl)cc1. The van der Waals surface area contributed by atoms with Crippen LogP contribution in [0.4, 0.5) is 32.0 Å². The van der Waals surface area contributed by atoms with Gasteiger partial charge in [0.1, 0.15) is 0 Å². The number of benzene rings is 1. The van der Waals surface area contributed by atoms with Gasteiger partial charge in [-0.2, -0.15) is 9.98 Å². The van der Waals surface area contributed by atoms with Gasteiger partial charge in [-0.25, -0.2) is 0 Å². The number of amidine groups is 2. The summed E-state index contributed by atoms with van der Waals surface area (Å²) < 4.78 is 75.6. The highest BCUT2D eigenvalue weighted by Gasteiger charge is 2.41. The molecule has 130 valence electrons. The third kappa shape index (κ3) is 4.63. The second-order valence-electron chi connectivity index (χ2n) is 4.21. The molecule has 0 N–H and O–H groups in total. The average molecular weight is 389 g/mol. The summed E-state index contributed by atoms with van der Waals surface area (Å²) in [6.45, 7) is 0. The van der Waals surface area contributed by atoms with Crippen LogP contribution >= 0.6 is 23.4 Å². The van der Waals surface area contributed by atoms with Crippen molar-refractivity contribution in [2.75, 3.05) is 11.9 Å². The summed E-state index contributed by atoms with van der Waals surface area (Å²) in [6, 6.07) is 5.41. The van der Waals surface area contributed by atoms with Crippen LogP contribution in [0.2, 0.25) is 5.02 Å². The molecule has 0 aromatic heterocycles. The maximum atomic E-state index is 12.7.